The zero-order chi connectivity index (χ0) is 15.6. The van der Waals surface area contributed by atoms with Crippen LogP contribution in [0.25, 0.3) is 0 Å². The Morgan fingerprint density at radius 2 is 2.19 bits per heavy atom. The summed E-state index contributed by atoms with van der Waals surface area (Å²) >= 11 is 2.86. The lowest BCUT2D eigenvalue weighted by Gasteiger charge is -2.16. The number of carbonyl (C=O) groups excluding carboxylic acids is 1. The van der Waals surface area contributed by atoms with Gasteiger partial charge in [-0.05, 0) is 0 Å². The maximum atomic E-state index is 11.0. The Balaban J connectivity index is 2.02. The van der Waals surface area contributed by atoms with E-state index in [4.69, 9.17) is 5.84 Å². The molecule has 2 heterocycles. The second kappa shape index (κ2) is 6.02. The normalized spacial score (nSPS) is 11.6. The van der Waals surface area contributed by atoms with Crippen LogP contribution >= 0.6 is 23.1 Å². The van der Waals surface area contributed by atoms with Crippen LogP contribution in [0.1, 0.15) is 39.2 Å². The van der Waals surface area contributed by atoms with Crippen LogP contribution in [-0.2, 0) is 16.0 Å². The molecule has 2 aromatic rings. The van der Waals surface area contributed by atoms with Crippen molar-refractivity contribution in [2.24, 2.45) is 0 Å². The van der Waals surface area contributed by atoms with Gasteiger partial charge in [0, 0.05) is 23.5 Å². The first kappa shape index (κ1) is 15.8. The second-order valence-corrected chi connectivity index (χ2v) is 7.34. The second-order valence-electron chi connectivity index (χ2n) is 5.54. The van der Waals surface area contributed by atoms with Crippen LogP contribution in [0.15, 0.2) is 10.5 Å². The van der Waals surface area contributed by atoms with Crippen molar-refractivity contribution >= 4 is 34.1 Å². The molecule has 0 aliphatic rings. The lowest BCUT2D eigenvalue weighted by Crippen LogP contribution is -2.24. The van der Waals surface area contributed by atoms with Gasteiger partial charge in [0.25, 0.3) is 0 Å². The van der Waals surface area contributed by atoms with E-state index in [2.05, 4.69) is 20.5 Å². The highest BCUT2D eigenvalue weighted by Gasteiger charge is 2.23. The molecule has 0 aromatic carbocycles. The highest BCUT2D eigenvalue weighted by molar-refractivity contribution is 7.98. The molecule has 0 radical (unpaired) electrons. The van der Waals surface area contributed by atoms with E-state index < -0.39 is 0 Å². The molecule has 9 heteroatoms. The number of anilines is 1. The molecule has 114 valence electrons. The van der Waals surface area contributed by atoms with E-state index in [1.807, 2.05) is 26.2 Å². The summed E-state index contributed by atoms with van der Waals surface area (Å²) in [5.74, 6) is 7.25. The summed E-state index contributed by atoms with van der Waals surface area (Å²) in [6.45, 7) is 7.57. The number of amides is 1. The van der Waals surface area contributed by atoms with Gasteiger partial charge in [0.05, 0.1) is 5.69 Å². The standard InChI is InChI=1S/C12H18N6OS2/c1-7(19)14-10-15-8(5-20-10)6-21-11-17-16-9(18(11)13)12(2,3)4/h5H,6,13H2,1-4H3,(H,14,15,19). The molecule has 0 bridgehead atoms. The fourth-order valence-electron chi connectivity index (χ4n) is 1.61. The van der Waals surface area contributed by atoms with Crippen LogP contribution in [0, 0.1) is 0 Å². The monoisotopic (exact) mass is 326 g/mol. The molecule has 0 unspecified atom stereocenters. The topological polar surface area (TPSA) is 98.7 Å². The first-order chi connectivity index (χ1) is 9.77. The first-order valence-corrected chi connectivity index (χ1v) is 8.19. The summed E-state index contributed by atoms with van der Waals surface area (Å²) in [5, 5.41) is 14.1. The molecule has 21 heavy (non-hydrogen) atoms. The van der Waals surface area contributed by atoms with E-state index in [0.29, 0.717) is 16.0 Å². The van der Waals surface area contributed by atoms with Crippen molar-refractivity contribution in [1.29, 1.82) is 0 Å². The molecule has 0 spiro atoms. The van der Waals surface area contributed by atoms with E-state index in [9.17, 15) is 4.79 Å². The summed E-state index contributed by atoms with van der Waals surface area (Å²) in [6.07, 6.45) is 0. The molecule has 2 aromatic heterocycles. The van der Waals surface area contributed by atoms with Crippen molar-refractivity contribution in [1.82, 2.24) is 19.9 Å². The van der Waals surface area contributed by atoms with Crippen molar-refractivity contribution in [2.75, 3.05) is 11.2 Å². The quantitative estimate of drug-likeness (QED) is 0.658. The van der Waals surface area contributed by atoms with Crippen LogP contribution in [0.2, 0.25) is 0 Å². The molecular weight excluding hydrogens is 308 g/mol. The molecule has 0 saturated heterocycles. The average molecular weight is 326 g/mol. The predicted octanol–water partition coefficient (Wildman–Crippen LogP) is 2.00. The zero-order valence-corrected chi connectivity index (χ0v) is 14.0. The number of nitrogens with one attached hydrogen (secondary N) is 1. The molecule has 0 fully saturated rings. The number of hydrogen-bond donors (Lipinski definition) is 2. The maximum Gasteiger partial charge on any atom is 0.223 e. The fraction of sp³-hybridized carbons (Fsp3) is 0.500. The highest BCUT2D eigenvalue weighted by atomic mass is 32.2. The largest absolute Gasteiger partial charge is 0.336 e. The van der Waals surface area contributed by atoms with Gasteiger partial charge >= 0.3 is 0 Å². The van der Waals surface area contributed by atoms with Gasteiger partial charge in [0.15, 0.2) is 11.0 Å². The molecule has 0 aliphatic heterocycles. The van der Waals surface area contributed by atoms with Crippen molar-refractivity contribution in [3.8, 4) is 0 Å². The zero-order valence-electron chi connectivity index (χ0n) is 12.4. The summed E-state index contributed by atoms with van der Waals surface area (Å²) < 4.78 is 1.52. The smallest absolute Gasteiger partial charge is 0.223 e. The van der Waals surface area contributed by atoms with E-state index in [-0.39, 0.29) is 11.3 Å². The van der Waals surface area contributed by atoms with Crippen LogP contribution in [-0.4, -0.2) is 25.8 Å². The number of nitrogens with zero attached hydrogens (tertiary/aromatic N) is 4. The van der Waals surface area contributed by atoms with Crippen molar-refractivity contribution in [3.05, 3.63) is 16.9 Å². The summed E-state index contributed by atoms with van der Waals surface area (Å²) in [7, 11) is 0. The molecule has 2 rings (SSSR count). The van der Waals surface area contributed by atoms with Gasteiger partial charge in [-0.15, -0.1) is 21.5 Å². The third kappa shape index (κ3) is 3.94. The van der Waals surface area contributed by atoms with Gasteiger partial charge in [0.2, 0.25) is 11.1 Å². The number of nitrogen functional groups attached to an aromatic ring is 1. The third-order valence-electron chi connectivity index (χ3n) is 2.52. The number of hydrogen-bond acceptors (Lipinski definition) is 7. The van der Waals surface area contributed by atoms with Gasteiger partial charge < -0.3 is 11.2 Å². The van der Waals surface area contributed by atoms with Gasteiger partial charge in [-0.1, -0.05) is 32.5 Å². The minimum absolute atomic E-state index is 0.125. The van der Waals surface area contributed by atoms with Crippen LogP contribution < -0.4 is 11.2 Å². The third-order valence-corrected chi connectivity index (χ3v) is 4.30. The predicted molar refractivity (Wildman–Crippen MR) is 84.9 cm³/mol. The average Bonchev–Trinajstić information content (AvgIpc) is 2.92. The summed E-state index contributed by atoms with van der Waals surface area (Å²) in [6, 6.07) is 0. The Bertz CT molecular complexity index is 642. The minimum atomic E-state index is -0.153. The van der Waals surface area contributed by atoms with Crippen molar-refractivity contribution in [3.63, 3.8) is 0 Å². The highest BCUT2D eigenvalue weighted by Crippen LogP contribution is 2.26. The molecule has 7 nitrogen and oxygen atoms in total. The molecular formula is C12H18N6OS2. The van der Waals surface area contributed by atoms with E-state index in [1.54, 1.807) is 0 Å². The SMILES string of the molecule is CC(=O)Nc1nc(CSc2nnc(C(C)(C)C)n2N)cs1. The number of aromatic nitrogens is 4. The van der Waals surface area contributed by atoms with Crippen molar-refractivity contribution < 1.29 is 4.79 Å². The Morgan fingerprint density at radius 1 is 1.48 bits per heavy atom. The van der Waals surface area contributed by atoms with Gasteiger partial charge in [0.1, 0.15) is 0 Å². The molecule has 3 N–H and O–H groups in total. The fourth-order valence-corrected chi connectivity index (χ4v) is 3.22. The van der Waals surface area contributed by atoms with Gasteiger partial charge in [-0.2, -0.15) is 0 Å². The summed E-state index contributed by atoms with van der Waals surface area (Å²) in [4.78, 5) is 15.3. The number of nitrogens with two attached hydrogens (primary N) is 1. The molecule has 0 saturated carbocycles. The van der Waals surface area contributed by atoms with Crippen LogP contribution in [0.3, 0.4) is 0 Å². The lowest BCUT2D eigenvalue weighted by atomic mass is 9.96. The lowest BCUT2D eigenvalue weighted by molar-refractivity contribution is -0.114. The number of carbonyl (C=O) groups is 1. The maximum absolute atomic E-state index is 11.0. The van der Waals surface area contributed by atoms with Crippen LogP contribution in [0.5, 0.6) is 0 Å². The Morgan fingerprint density at radius 3 is 2.76 bits per heavy atom. The van der Waals surface area contributed by atoms with Gasteiger partial charge in [-0.25, -0.2) is 9.66 Å². The Kier molecular flexibility index (Phi) is 4.52. The molecule has 0 atom stereocenters. The number of rotatable bonds is 4. The number of thioether (sulfide) groups is 1. The molecule has 1 amide bonds. The Hall–Kier alpha value is -1.61. The Labute approximate surface area is 131 Å². The first-order valence-electron chi connectivity index (χ1n) is 6.33. The summed E-state index contributed by atoms with van der Waals surface area (Å²) in [5.41, 5.74) is 0.716. The van der Waals surface area contributed by atoms with Gasteiger partial charge in [-0.3, -0.25) is 4.79 Å². The minimum Gasteiger partial charge on any atom is -0.336 e. The molecule has 0 aliphatic carbocycles. The van der Waals surface area contributed by atoms with E-state index in [1.165, 1.54) is 34.7 Å². The van der Waals surface area contributed by atoms with Crippen molar-refractivity contribution in [2.45, 2.75) is 44.0 Å². The van der Waals surface area contributed by atoms with E-state index in [0.717, 1.165) is 11.5 Å². The number of thiazole rings is 1. The van der Waals surface area contributed by atoms with E-state index >= 15 is 0 Å². The van der Waals surface area contributed by atoms with Crippen LogP contribution in [0.4, 0.5) is 5.13 Å².